The number of rotatable bonds is 1. The van der Waals surface area contributed by atoms with Gasteiger partial charge in [0.25, 0.3) is 5.91 Å². The van der Waals surface area contributed by atoms with Gasteiger partial charge in [0.1, 0.15) is 5.69 Å². The molecule has 0 unspecified atom stereocenters. The van der Waals surface area contributed by atoms with E-state index in [-0.39, 0.29) is 5.91 Å². The van der Waals surface area contributed by atoms with Gasteiger partial charge in [-0.05, 0) is 66.2 Å². The first-order valence-electron chi connectivity index (χ1n) is 7.42. The fourth-order valence-corrected chi connectivity index (χ4v) is 4.06. The van der Waals surface area contributed by atoms with Crippen molar-refractivity contribution < 1.29 is 4.79 Å². The molecule has 1 spiro atoms. The number of likely N-dealkylation sites (tertiary alicyclic amines) is 1. The van der Waals surface area contributed by atoms with Crippen LogP contribution in [0, 0.1) is 5.41 Å². The fraction of sp³-hybridized carbons (Fsp3) is 0.667. The summed E-state index contributed by atoms with van der Waals surface area (Å²) in [6.07, 6.45) is 6.79. The van der Waals surface area contributed by atoms with Crippen molar-refractivity contribution in [2.45, 2.75) is 25.7 Å². The fourth-order valence-electron chi connectivity index (χ4n) is 3.54. The second-order valence-corrected chi connectivity index (χ2v) is 7.11. The highest BCUT2D eigenvalue weighted by Crippen LogP contribution is 2.39. The zero-order chi connectivity index (χ0) is 14.2. The Bertz CT molecular complexity index is 495. The number of aryl methyl sites for hydroxylation is 1. The Morgan fingerprint density at radius 2 is 1.90 bits per heavy atom. The van der Waals surface area contributed by atoms with Crippen LogP contribution < -0.4 is 5.32 Å². The highest BCUT2D eigenvalue weighted by atomic mass is 79.9. The van der Waals surface area contributed by atoms with Gasteiger partial charge < -0.3 is 14.8 Å². The predicted octanol–water partition coefficient (Wildman–Crippen LogP) is 2.39. The largest absolute Gasteiger partial charge is 0.345 e. The molecule has 3 rings (SSSR count). The minimum atomic E-state index is 0.169. The number of piperidine rings is 2. The second-order valence-electron chi connectivity index (χ2n) is 6.20. The number of hydrogen-bond acceptors (Lipinski definition) is 2. The van der Waals surface area contributed by atoms with E-state index in [4.69, 9.17) is 0 Å². The minimum absolute atomic E-state index is 0.169. The molecule has 2 aliphatic rings. The standard InChI is InChI=1S/C15H22BrN3O/c1-18-11-12(16)10-13(18)14(20)19-8-4-15(5-9-19)2-6-17-7-3-15/h10-11,17H,2-9H2,1H3. The van der Waals surface area contributed by atoms with Crippen molar-refractivity contribution in [2.75, 3.05) is 26.2 Å². The first-order valence-corrected chi connectivity index (χ1v) is 8.21. The van der Waals surface area contributed by atoms with E-state index in [1.165, 1.54) is 12.8 Å². The number of aromatic nitrogens is 1. The van der Waals surface area contributed by atoms with E-state index in [2.05, 4.69) is 21.2 Å². The summed E-state index contributed by atoms with van der Waals surface area (Å²) in [6, 6.07) is 1.91. The number of halogens is 1. The summed E-state index contributed by atoms with van der Waals surface area (Å²) < 4.78 is 2.87. The first kappa shape index (κ1) is 14.1. The number of hydrogen-bond donors (Lipinski definition) is 1. The maximum absolute atomic E-state index is 12.6. The number of nitrogens with zero attached hydrogens (tertiary/aromatic N) is 2. The molecule has 1 N–H and O–H groups in total. The Kier molecular flexibility index (Phi) is 3.91. The molecule has 3 heterocycles. The van der Waals surface area contributed by atoms with Crippen LogP contribution in [0.2, 0.25) is 0 Å². The number of carbonyl (C=O) groups excluding carboxylic acids is 1. The topological polar surface area (TPSA) is 37.3 Å². The van der Waals surface area contributed by atoms with Crippen LogP contribution in [0.5, 0.6) is 0 Å². The molecule has 5 heteroatoms. The van der Waals surface area contributed by atoms with Gasteiger partial charge in [-0.2, -0.15) is 0 Å². The predicted molar refractivity (Wildman–Crippen MR) is 82.8 cm³/mol. The normalized spacial score (nSPS) is 22.2. The van der Waals surface area contributed by atoms with Gasteiger partial charge in [0.05, 0.1) is 0 Å². The van der Waals surface area contributed by atoms with Gasteiger partial charge in [0, 0.05) is 30.8 Å². The van der Waals surface area contributed by atoms with Crippen LogP contribution in [0.1, 0.15) is 36.2 Å². The average Bonchev–Trinajstić information content (AvgIpc) is 2.79. The number of carbonyl (C=O) groups is 1. The van der Waals surface area contributed by atoms with Crippen molar-refractivity contribution in [1.29, 1.82) is 0 Å². The molecule has 1 aromatic rings. The van der Waals surface area contributed by atoms with Crippen LogP contribution in [-0.2, 0) is 7.05 Å². The molecule has 2 aliphatic heterocycles. The summed E-state index contributed by atoms with van der Waals surface area (Å²) in [4.78, 5) is 14.6. The van der Waals surface area contributed by atoms with E-state index >= 15 is 0 Å². The Morgan fingerprint density at radius 1 is 1.25 bits per heavy atom. The molecule has 0 atom stereocenters. The van der Waals surface area contributed by atoms with Crippen LogP contribution in [0.25, 0.3) is 0 Å². The van der Waals surface area contributed by atoms with Crippen molar-refractivity contribution in [1.82, 2.24) is 14.8 Å². The summed E-state index contributed by atoms with van der Waals surface area (Å²) in [5.74, 6) is 0.169. The van der Waals surface area contributed by atoms with Gasteiger partial charge in [0.15, 0.2) is 0 Å². The van der Waals surface area contributed by atoms with Gasteiger partial charge >= 0.3 is 0 Å². The van der Waals surface area contributed by atoms with E-state index in [9.17, 15) is 4.79 Å². The van der Waals surface area contributed by atoms with Crippen LogP contribution in [0.15, 0.2) is 16.7 Å². The molecule has 4 nitrogen and oxygen atoms in total. The molecule has 1 amide bonds. The molecular formula is C15H22BrN3O. The van der Waals surface area contributed by atoms with Gasteiger partial charge in [-0.15, -0.1) is 0 Å². The third-order valence-electron chi connectivity index (χ3n) is 4.97. The molecule has 0 aliphatic carbocycles. The average molecular weight is 340 g/mol. The van der Waals surface area contributed by atoms with Crippen molar-refractivity contribution in [3.8, 4) is 0 Å². The van der Waals surface area contributed by atoms with Crippen LogP contribution in [0.4, 0.5) is 0 Å². The quantitative estimate of drug-likeness (QED) is 0.852. The molecule has 0 saturated carbocycles. The third-order valence-corrected chi connectivity index (χ3v) is 5.40. The molecule has 110 valence electrons. The lowest BCUT2D eigenvalue weighted by Crippen LogP contribution is -2.47. The van der Waals surface area contributed by atoms with E-state index in [1.807, 2.05) is 28.8 Å². The number of amides is 1. The zero-order valence-corrected chi connectivity index (χ0v) is 13.6. The SMILES string of the molecule is Cn1cc(Br)cc1C(=O)N1CCC2(CCNCC2)CC1. The van der Waals surface area contributed by atoms with Crippen LogP contribution >= 0.6 is 15.9 Å². The van der Waals surface area contributed by atoms with Crippen LogP contribution in [-0.4, -0.2) is 41.6 Å². The van der Waals surface area contributed by atoms with E-state index in [0.29, 0.717) is 5.41 Å². The molecule has 2 saturated heterocycles. The summed E-state index contributed by atoms with van der Waals surface area (Å²) in [7, 11) is 1.93. The number of nitrogens with one attached hydrogen (secondary N) is 1. The molecule has 20 heavy (non-hydrogen) atoms. The van der Waals surface area contributed by atoms with E-state index < -0.39 is 0 Å². The minimum Gasteiger partial charge on any atom is -0.345 e. The lowest BCUT2D eigenvalue weighted by molar-refractivity contribution is 0.0488. The van der Waals surface area contributed by atoms with Crippen molar-refractivity contribution in [2.24, 2.45) is 12.5 Å². The molecule has 0 bridgehead atoms. The lowest BCUT2D eigenvalue weighted by atomic mass is 9.71. The summed E-state index contributed by atoms with van der Waals surface area (Å²) >= 11 is 3.43. The second kappa shape index (κ2) is 5.53. The van der Waals surface area contributed by atoms with Crippen molar-refractivity contribution in [3.05, 3.63) is 22.4 Å². The van der Waals surface area contributed by atoms with Crippen LogP contribution in [0.3, 0.4) is 0 Å². The van der Waals surface area contributed by atoms with Crippen molar-refractivity contribution in [3.63, 3.8) is 0 Å². The van der Waals surface area contributed by atoms with E-state index in [0.717, 1.165) is 49.2 Å². The first-order chi connectivity index (χ1) is 9.60. The Labute approximate surface area is 128 Å². The van der Waals surface area contributed by atoms with Gasteiger partial charge in [-0.1, -0.05) is 0 Å². The Morgan fingerprint density at radius 3 is 2.45 bits per heavy atom. The van der Waals surface area contributed by atoms with Gasteiger partial charge in [0.2, 0.25) is 0 Å². The maximum atomic E-state index is 12.6. The Hall–Kier alpha value is -0.810. The summed E-state index contributed by atoms with van der Waals surface area (Å²) in [6.45, 7) is 4.08. The third kappa shape index (κ3) is 2.66. The molecular weight excluding hydrogens is 318 g/mol. The highest BCUT2D eigenvalue weighted by molar-refractivity contribution is 9.10. The van der Waals surface area contributed by atoms with Gasteiger partial charge in [-0.25, -0.2) is 0 Å². The monoisotopic (exact) mass is 339 g/mol. The zero-order valence-electron chi connectivity index (χ0n) is 12.0. The van der Waals surface area contributed by atoms with Gasteiger partial charge in [-0.3, -0.25) is 4.79 Å². The van der Waals surface area contributed by atoms with Crippen molar-refractivity contribution >= 4 is 21.8 Å². The maximum Gasteiger partial charge on any atom is 0.270 e. The molecule has 0 aromatic carbocycles. The lowest BCUT2D eigenvalue weighted by Gasteiger charge is -2.44. The summed E-state index contributed by atoms with van der Waals surface area (Å²) in [5, 5.41) is 3.44. The highest BCUT2D eigenvalue weighted by Gasteiger charge is 2.37. The van der Waals surface area contributed by atoms with E-state index in [1.54, 1.807) is 0 Å². The molecule has 1 aromatic heterocycles. The smallest absolute Gasteiger partial charge is 0.270 e. The Balaban J connectivity index is 1.66. The molecule has 2 fully saturated rings. The molecule has 0 radical (unpaired) electrons. The summed E-state index contributed by atoms with van der Waals surface area (Å²) in [5.41, 5.74) is 1.27.